The average Bonchev–Trinajstić information content (AvgIpc) is 2.28. The first-order valence-electron chi connectivity index (χ1n) is 4.94. The van der Waals surface area contributed by atoms with E-state index in [1.807, 2.05) is 0 Å². The molecule has 0 atom stereocenters. The average molecular weight is 340 g/mol. The van der Waals surface area contributed by atoms with Crippen molar-refractivity contribution in [2.45, 2.75) is 0 Å². The van der Waals surface area contributed by atoms with Crippen LogP contribution in [0.2, 0.25) is 20.1 Å². The number of hydrogen-bond acceptors (Lipinski definition) is 1. The zero-order valence-corrected chi connectivity index (χ0v) is 12.9. The van der Waals surface area contributed by atoms with Gasteiger partial charge in [-0.2, -0.15) is 0 Å². The molecule has 0 radical (unpaired) electrons. The normalized spacial score (nSPS) is 10.9. The quantitative estimate of drug-likeness (QED) is 0.717. The van der Waals surface area contributed by atoms with Crippen LogP contribution in [-0.2, 0) is 4.57 Å². The Labute approximate surface area is 125 Å². The summed E-state index contributed by atoms with van der Waals surface area (Å²) in [7, 11) is -2.27. The van der Waals surface area contributed by atoms with Gasteiger partial charge in [-0.1, -0.05) is 46.4 Å². The Morgan fingerprint density at radius 3 is 1.44 bits per heavy atom. The van der Waals surface area contributed by atoms with E-state index in [1.54, 1.807) is 36.4 Å². The fourth-order valence-corrected chi connectivity index (χ4v) is 4.16. The lowest BCUT2D eigenvalue weighted by molar-refractivity contribution is 0.598. The summed E-state index contributed by atoms with van der Waals surface area (Å²) in [6.45, 7) is 0. The van der Waals surface area contributed by atoms with E-state index < -0.39 is 7.80 Å². The first-order chi connectivity index (χ1) is 8.49. The van der Waals surface area contributed by atoms with Crippen LogP contribution in [0.5, 0.6) is 0 Å². The molecular weight excluding hydrogens is 333 g/mol. The van der Waals surface area contributed by atoms with E-state index in [1.165, 1.54) is 0 Å². The van der Waals surface area contributed by atoms with E-state index in [0.29, 0.717) is 30.7 Å². The second kappa shape index (κ2) is 5.86. The molecule has 94 valence electrons. The molecule has 0 fully saturated rings. The van der Waals surface area contributed by atoms with Gasteiger partial charge in [-0.25, -0.2) is 0 Å². The predicted octanol–water partition coefficient (Wildman–Crippen LogP) is 4.81. The molecule has 0 aliphatic heterocycles. The maximum Gasteiger partial charge on any atom is 0.134 e. The van der Waals surface area contributed by atoms with Crippen LogP contribution in [-0.4, -0.2) is 0 Å². The zero-order chi connectivity index (χ0) is 13.3. The van der Waals surface area contributed by atoms with Crippen LogP contribution in [0.3, 0.4) is 0 Å². The number of hydrogen-bond donors (Lipinski definition) is 0. The maximum absolute atomic E-state index is 12.4. The fourth-order valence-electron chi connectivity index (χ4n) is 1.49. The van der Waals surface area contributed by atoms with E-state index in [0.717, 1.165) is 0 Å². The van der Waals surface area contributed by atoms with Crippen LogP contribution in [0, 0.1) is 0 Å². The highest BCUT2D eigenvalue weighted by atomic mass is 35.5. The first kappa shape index (κ1) is 14.2. The van der Waals surface area contributed by atoms with Crippen LogP contribution in [0.15, 0.2) is 36.4 Å². The number of halogens is 4. The molecule has 0 N–H and O–H groups in total. The van der Waals surface area contributed by atoms with Crippen LogP contribution < -0.4 is 10.6 Å². The van der Waals surface area contributed by atoms with E-state index in [4.69, 9.17) is 46.4 Å². The zero-order valence-electron chi connectivity index (χ0n) is 8.88. The molecule has 6 heteroatoms. The highest BCUT2D eigenvalue weighted by Gasteiger charge is 2.14. The van der Waals surface area contributed by atoms with Crippen molar-refractivity contribution in [2.24, 2.45) is 0 Å². The first-order valence-corrected chi connectivity index (χ1v) is 7.86. The summed E-state index contributed by atoms with van der Waals surface area (Å²) in [4.78, 5) is 0. The topological polar surface area (TPSA) is 17.1 Å². The monoisotopic (exact) mass is 338 g/mol. The molecule has 2 aromatic carbocycles. The molecule has 0 aliphatic carbocycles. The summed E-state index contributed by atoms with van der Waals surface area (Å²) in [6, 6.07) is 9.72. The van der Waals surface area contributed by atoms with Crippen molar-refractivity contribution in [2.75, 3.05) is 0 Å². The Morgan fingerprint density at radius 2 is 1.11 bits per heavy atom. The molecule has 0 aliphatic rings. The van der Waals surface area contributed by atoms with Crippen molar-refractivity contribution in [1.29, 1.82) is 0 Å². The van der Waals surface area contributed by atoms with Crippen LogP contribution in [0.1, 0.15) is 0 Å². The molecule has 18 heavy (non-hydrogen) atoms. The smallest absolute Gasteiger partial charge is 0.134 e. The molecule has 0 spiro atoms. The van der Waals surface area contributed by atoms with Crippen molar-refractivity contribution < 1.29 is 4.57 Å². The van der Waals surface area contributed by atoms with Gasteiger partial charge in [-0.05, 0) is 36.4 Å². The Morgan fingerprint density at radius 1 is 0.722 bits per heavy atom. The molecule has 0 saturated heterocycles. The predicted molar refractivity (Wildman–Crippen MR) is 81.2 cm³/mol. The van der Waals surface area contributed by atoms with Crippen molar-refractivity contribution >= 4 is 64.8 Å². The van der Waals surface area contributed by atoms with E-state index in [2.05, 4.69) is 0 Å². The summed E-state index contributed by atoms with van der Waals surface area (Å²) in [5.74, 6) is 0. The molecule has 0 heterocycles. The van der Waals surface area contributed by atoms with Crippen molar-refractivity contribution in [3.8, 4) is 0 Å². The third-order valence-electron chi connectivity index (χ3n) is 2.35. The second-order valence-electron chi connectivity index (χ2n) is 3.58. The molecule has 0 unspecified atom stereocenters. The Bertz CT molecular complexity index is 574. The second-order valence-corrected chi connectivity index (χ2v) is 7.00. The van der Waals surface area contributed by atoms with Crippen LogP contribution in [0.4, 0.5) is 0 Å². The minimum absolute atomic E-state index is 0.373. The fraction of sp³-hybridized carbons (Fsp3) is 0. The minimum atomic E-state index is -2.27. The van der Waals surface area contributed by atoms with Crippen LogP contribution in [0.25, 0.3) is 0 Å². The molecule has 0 saturated carbocycles. The molecular formula is C12H7Cl4OP. The van der Waals surface area contributed by atoms with Crippen molar-refractivity contribution in [3.05, 3.63) is 56.5 Å². The van der Waals surface area contributed by atoms with Crippen molar-refractivity contribution in [3.63, 3.8) is 0 Å². The van der Waals surface area contributed by atoms with Gasteiger partial charge in [-0.15, -0.1) is 0 Å². The van der Waals surface area contributed by atoms with Gasteiger partial charge in [0.2, 0.25) is 0 Å². The van der Waals surface area contributed by atoms with Gasteiger partial charge in [-0.3, -0.25) is 0 Å². The molecule has 0 amide bonds. The molecule has 2 aromatic rings. The standard InChI is InChI=1S/C12H7Cl4OP/c13-7-1-3-11(9(15)5-7)18(17)12-4-2-8(14)6-10(12)16/h1-6,18H. The molecule has 0 bridgehead atoms. The lowest BCUT2D eigenvalue weighted by Crippen LogP contribution is -2.08. The lowest BCUT2D eigenvalue weighted by Gasteiger charge is -2.07. The Balaban J connectivity index is 2.48. The van der Waals surface area contributed by atoms with Gasteiger partial charge >= 0.3 is 0 Å². The summed E-state index contributed by atoms with van der Waals surface area (Å²) < 4.78 is 12.4. The van der Waals surface area contributed by atoms with Gasteiger partial charge in [0.25, 0.3) is 0 Å². The number of benzene rings is 2. The highest BCUT2D eigenvalue weighted by Crippen LogP contribution is 2.30. The van der Waals surface area contributed by atoms with Gasteiger partial charge in [0.05, 0.1) is 10.0 Å². The SMILES string of the molecule is O=[PH](c1ccc(Cl)cc1Cl)c1ccc(Cl)cc1Cl. The van der Waals surface area contributed by atoms with Gasteiger partial charge in [0.15, 0.2) is 0 Å². The summed E-state index contributed by atoms with van der Waals surface area (Å²) >= 11 is 23.7. The van der Waals surface area contributed by atoms with Gasteiger partial charge < -0.3 is 4.57 Å². The third-order valence-corrected chi connectivity index (χ3v) is 5.61. The minimum Gasteiger partial charge on any atom is -0.317 e. The van der Waals surface area contributed by atoms with Crippen LogP contribution >= 0.6 is 54.2 Å². The van der Waals surface area contributed by atoms with Crippen molar-refractivity contribution in [1.82, 2.24) is 0 Å². The largest absolute Gasteiger partial charge is 0.317 e. The Kier molecular flexibility index (Phi) is 4.64. The Hall–Kier alpha value is -0.170. The summed E-state index contributed by atoms with van der Waals surface area (Å²) in [5, 5.41) is 2.82. The number of rotatable bonds is 2. The maximum atomic E-state index is 12.4. The molecule has 2 rings (SSSR count). The summed E-state index contributed by atoms with van der Waals surface area (Å²) in [6.07, 6.45) is 0. The van der Waals surface area contributed by atoms with Gasteiger partial charge in [0.1, 0.15) is 7.80 Å². The van der Waals surface area contributed by atoms with E-state index in [-0.39, 0.29) is 0 Å². The van der Waals surface area contributed by atoms with E-state index >= 15 is 0 Å². The third kappa shape index (κ3) is 3.04. The molecule has 0 aromatic heterocycles. The van der Waals surface area contributed by atoms with E-state index in [9.17, 15) is 4.57 Å². The summed E-state index contributed by atoms with van der Waals surface area (Å²) in [5.41, 5.74) is 0. The van der Waals surface area contributed by atoms with Gasteiger partial charge in [0, 0.05) is 20.7 Å². The molecule has 1 nitrogen and oxygen atoms in total. The lowest BCUT2D eigenvalue weighted by atomic mass is 10.3. The highest BCUT2D eigenvalue weighted by molar-refractivity contribution is 7.62.